The van der Waals surface area contributed by atoms with E-state index in [1.807, 2.05) is 0 Å². The first-order valence-electron chi connectivity index (χ1n) is 7.78. The van der Waals surface area contributed by atoms with Gasteiger partial charge in [-0.1, -0.05) is 18.2 Å². The topological polar surface area (TPSA) is 84.9 Å². The first kappa shape index (κ1) is 18.3. The number of hydrogen-bond acceptors (Lipinski definition) is 4. The van der Waals surface area contributed by atoms with Gasteiger partial charge in [0.05, 0.1) is 26.6 Å². The van der Waals surface area contributed by atoms with Crippen molar-refractivity contribution in [1.82, 2.24) is 0 Å². The molecule has 0 heterocycles. The number of anilines is 1. The highest BCUT2D eigenvalue weighted by molar-refractivity contribution is 5.93. The number of carboxylic acid groups (broad SMARTS) is 1. The molecule has 0 aliphatic heterocycles. The van der Waals surface area contributed by atoms with Crippen LogP contribution in [-0.4, -0.2) is 31.2 Å². The fraction of sp³-hybridized carbons (Fsp3) is 0.263. The van der Waals surface area contributed by atoms with E-state index in [1.165, 1.54) is 0 Å². The molecule has 0 aromatic heterocycles. The van der Waals surface area contributed by atoms with Crippen molar-refractivity contribution in [3.05, 3.63) is 53.6 Å². The standard InChI is InChI=1S/C19H21NO5/c1-12(19(22)23)13-7-9-14(10-8-13)20-18(21)11-15-16(24-2)5-4-6-17(15)25-3/h4-10,12H,11H2,1-3H3,(H,20,21)(H,22,23). The SMILES string of the molecule is COc1cccc(OC)c1CC(=O)Nc1ccc(C(C)C(=O)O)cc1. The van der Waals surface area contributed by atoms with Gasteiger partial charge in [-0.05, 0) is 36.8 Å². The number of hydrogen-bond donors (Lipinski definition) is 2. The van der Waals surface area contributed by atoms with E-state index in [1.54, 1.807) is 63.6 Å². The average molecular weight is 343 g/mol. The number of ether oxygens (including phenoxy) is 2. The first-order valence-corrected chi connectivity index (χ1v) is 7.78. The number of carbonyl (C=O) groups excluding carboxylic acids is 1. The van der Waals surface area contributed by atoms with Gasteiger partial charge in [-0.25, -0.2) is 0 Å². The minimum Gasteiger partial charge on any atom is -0.496 e. The highest BCUT2D eigenvalue weighted by Gasteiger charge is 2.15. The maximum absolute atomic E-state index is 12.3. The van der Waals surface area contributed by atoms with Crippen LogP contribution in [0.25, 0.3) is 0 Å². The highest BCUT2D eigenvalue weighted by Crippen LogP contribution is 2.29. The van der Waals surface area contributed by atoms with Crippen molar-refractivity contribution < 1.29 is 24.2 Å². The third kappa shape index (κ3) is 4.50. The van der Waals surface area contributed by atoms with Crippen LogP contribution in [0.15, 0.2) is 42.5 Å². The van der Waals surface area contributed by atoms with Crippen LogP contribution < -0.4 is 14.8 Å². The van der Waals surface area contributed by atoms with E-state index < -0.39 is 11.9 Å². The Balaban J connectivity index is 2.10. The van der Waals surface area contributed by atoms with Gasteiger partial charge in [0.2, 0.25) is 5.91 Å². The Hall–Kier alpha value is -3.02. The van der Waals surface area contributed by atoms with Crippen molar-refractivity contribution in [2.75, 3.05) is 19.5 Å². The maximum atomic E-state index is 12.3. The van der Waals surface area contributed by atoms with Gasteiger partial charge in [0, 0.05) is 11.3 Å². The molecule has 1 unspecified atom stereocenters. The molecular weight excluding hydrogens is 322 g/mol. The van der Waals surface area contributed by atoms with Crippen LogP contribution in [0, 0.1) is 0 Å². The summed E-state index contributed by atoms with van der Waals surface area (Å²) in [5.74, 6) is -0.537. The summed E-state index contributed by atoms with van der Waals surface area (Å²) in [6, 6.07) is 12.1. The Kier molecular flexibility index (Phi) is 6.00. The van der Waals surface area contributed by atoms with Crippen molar-refractivity contribution in [2.45, 2.75) is 19.3 Å². The summed E-state index contributed by atoms with van der Waals surface area (Å²) in [5.41, 5.74) is 1.94. The minimum atomic E-state index is -0.889. The Labute approximate surface area is 146 Å². The van der Waals surface area contributed by atoms with Gasteiger partial charge in [-0.2, -0.15) is 0 Å². The van der Waals surface area contributed by atoms with Gasteiger partial charge in [0.15, 0.2) is 0 Å². The van der Waals surface area contributed by atoms with Crippen LogP contribution in [-0.2, 0) is 16.0 Å². The van der Waals surface area contributed by atoms with Gasteiger partial charge in [0.1, 0.15) is 11.5 Å². The molecule has 0 spiro atoms. The highest BCUT2D eigenvalue weighted by atomic mass is 16.5. The number of benzene rings is 2. The molecule has 1 atom stereocenters. The van der Waals surface area contributed by atoms with Gasteiger partial charge in [-0.3, -0.25) is 9.59 Å². The molecule has 1 amide bonds. The molecule has 2 rings (SSSR count). The van der Waals surface area contributed by atoms with E-state index in [2.05, 4.69) is 5.32 Å². The second-order valence-corrected chi connectivity index (χ2v) is 5.55. The van der Waals surface area contributed by atoms with Gasteiger partial charge in [0.25, 0.3) is 0 Å². The third-order valence-corrected chi connectivity index (χ3v) is 3.93. The van der Waals surface area contributed by atoms with Gasteiger partial charge < -0.3 is 19.9 Å². The van der Waals surface area contributed by atoms with E-state index in [0.717, 1.165) is 0 Å². The largest absolute Gasteiger partial charge is 0.496 e. The smallest absolute Gasteiger partial charge is 0.310 e. The number of amides is 1. The number of aliphatic carboxylic acids is 1. The Bertz CT molecular complexity index is 733. The molecule has 2 aromatic rings. The summed E-state index contributed by atoms with van der Waals surface area (Å²) >= 11 is 0. The zero-order chi connectivity index (χ0) is 18.4. The van der Waals surface area contributed by atoms with Crippen LogP contribution in [0.2, 0.25) is 0 Å². The van der Waals surface area contributed by atoms with E-state index in [4.69, 9.17) is 14.6 Å². The molecule has 0 aliphatic rings. The fourth-order valence-electron chi connectivity index (χ4n) is 2.47. The summed E-state index contributed by atoms with van der Waals surface area (Å²) in [6.45, 7) is 1.61. The molecule has 6 nitrogen and oxygen atoms in total. The zero-order valence-electron chi connectivity index (χ0n) is 14.4. The molecule has 0 bridgehead atoms. The van der Waals surface area contributed by atoms with Gasteiger partial charge in [-0.15, -0.1) is 0 Å². The van der Waals surface area contributed by atoms with Crippen LogP contribution in [0.1, 0.15) is 24.0 Å². The maximum Gasteiger partial charge on any atom is 0.310 e. The third-order valence-electron chi connectivity index (χ3n) is 3.93. The summed E-state index contributed by atoms with van der Waals surface area (Å²) in [7, 11) is 3.08. The summed E-state index contributed by atoms with van der Waals surface area (Å²) in [4.78, 5) is 23.3. The molecule has 0 aliphatic carbocycles. The number of methoxy groups -OCH3 is 2. The number of rotatable bonds is 7. The van der Waals surface area contributed by atoms with Crippen molar-refractivity contribution in [3.8, 4) is 11.5 Å². The summed E-state index contributed by atoms with van der Waals surface area (Å²) in [5, 5.41) is 11.8. The van der Waals surface area contributed by atoms with Crippen LogP contribution >= 0.6 is 0 Å². The predicted octanol–water partition coefficient (Wildman–Crippen LogP) is 3.07. The number of carboxylic acids is 1. The Morgan fingerprint density at radius 1 is 1.04 bits per heavy atom. The lowest BCUT2D eigenvalue weighted by molar-refractivity contribution is -0.138. The van der Waals surface area contributed by atoms with E-state index in [0.29, 0.717) is 28.3 Å². The molecule has 132 valence electrons. The fourth-order valence-corrected chi connectivity index (χ4v) is 2.47. The molecule has 2 aromatic carbocycles. The number of carbonyl (C=O) groups is 2. The minimum absolute atomic E-state index is 0.0977. The van der Waals surface area contributed by atoms with E-state index in [-0.39, 0.29) is 12.3 Å². The average Bonchev–Trinajstić information content (AvgIpc) is 2.61. The van der Waals surface area contributed by atoms with Crippen molar-refractivity contribution >= 4 is 17.6 Å². The Morgan fingerprint density at radius 3 is 2.08 bits per heavy atom. The summed E-state index contributed by atoms with van der Waals surface area (Å²) in [6.07, 6.45) is 0.0977. The lowest BCUT2D eigenvalue weighted by Crippen LogP contribution is -2.15. The second kappa shape index (κ2) is 8.19. The van der Waals surface area contributed by atoms with E-state index in [9.17, 15) is 9.59 Å². The normalized spacial score (nSPS) is 11.5. The molecule has 2 N–H and O–H groups in total. The molecule has 0 fully saturated rings. The van der Waals surface area contributed by atoms with Crippen LogP contribution in [0.5, 0.6) is 11.5 Å². The van der Waals surface area contributed by atoms with Crippen molar-refractivity contribution in [2.24, 2.45) is 0 Å². The lowest BCUT2D eigenvalue weighted by Gasteiger charge is -2.13. The molecule has 25 heavy (non-hydrogen) atoms. The molecule has 0 saturated heterocycles. The molecular formula is C19H21NO5. The molecule has 0 radical (unpaired) electrons. The molecule has 6 heteroatoms. The lowest BCUT2D eigenvalue weighted by atomic mass is 10.0. The second-order valence-electron chi connectivity index (χ2n) is 5.55. The number of nitrogens with one attached hydrogen (secondary N) is 1. The summed E-state index contributed by atoms with van der Waals surface area (Å²) < 4.78 is 10.6. The van der Waals surface area contributed by atoms with Gasteiger partial charge >= 0.3 is 5.97 Å². The van der Waals surface area contributed by atoms with Crippen LogP contribution in [0.3, 0.4) is 0 Å². The Morgan fingerprint density at radius 2 is 1.60 bits per heavy atom. The monoisotopic (exact) mass is 343 g/mol. The van der Waals surface area contributed by atoms with Crippen molar-refractivity contribution in [1.29, 1.82) is 0 Å². The predicted molar refractivity (Wildman–Crippen MR) is 94.4 cm³/mol. The van der Waals surface area contributed by atoms with Crippen LogP contribution in [0.4, 0.5) is 5.69 Å². The van der Waals surface area contributed by atoms with Crippen molar-refractivity contribution in [3.63, 3.8) is 0 Å². The molecule has 0 saturated carbocycles. The van der Waals surface area contributed by atoms with E-state index >= 15 is 0 Å². The first-order chi connectivity index (χ1) is 12.0. The quantitative estimate of drug-likeness (QED) is 0.807. The zero-order valence-corrected chi connectivity index (χ0v) is 14.4.